The van der Waals surface area contributed by atoms with E-state index in [9.17, 15) is 4.79 Å². The maximum Gasteiger partial charge on any atom is 0.248 e. The van der Waals surface area contributed by atoms with Gasteiger partial charge in [0.2, 0.25) is 5.91 Å². The number of hydrogen-bond acceptors (Lipinski definition) is 4. The molecule has 1 fully saturated rings. The number of hydrogen-bond donors (Lipinski definition) is 1. The molecule has 0 atom stereocenters. The number of fused-ring (bicyclic) bond motifs is 1. The van der Waals surface area contributed by atoms with Crippen molar-refractivity contribution in [2.24, 2.45) is 5.73 Å². The van der Waals surface area contributed by atoms with Gasteiger partial charge in [0.05, 0.1) is 17.3 Å². The second-order valence-corrected chi connectivity index (χ2v) is 6.40. The summed E-state index contributed by atoms with van der Waals surface area (Å²) < 4.78 is 2.04. The van der Waals surface area contributed by atoms with E-state index in [-0.39, 0.29) is 0 Å². The van der Waals surface area contributed by atoms with Gasteiger partial charge in [-0.05, 0) is 56.0 Å². The molecule has 6 heteroatoms. The summed E-state index contributed by atoms with van der Waals surface area (Å²) >= 11 is 0. The molecule has 24 heavy (non-hydrogen) atoms. The molecule has 0 radical (unpaired) electrons. The zero-order chi connectivity index (χ0) is 16.5. The van der Waals surface area contributed by atoms with Gasteiger partial charge in [-0.15, -0.1) is 0 Å². The van der Waals surface area contributed by atoms with Crippen LogP contribution in [0.5, 0.6) is 0 Å². The summed E-state index contributed by atoms with van der Waals surface area (Å²) in [4.78, 5) is 11.3. The van der Waals surface area contributed by atoms with Crippen LogP contribution in [-0.4, -0.2) is 25.9 Å². The first-order chi connectivity index (χ1) is 11.7. The highest BCUT2D eigenvalue weighted by atomic mass is 16.1. The minimum absolute atomic E-state index is 0.391. The fourth-order valence-corrected chi connectivity index (χ4v) is 3.55. The van der Waals surface area contributed by atoms with Crippen molar-refractivity contribution in [1.29, 1.82) is 0 Å². The second-order valence-electron chi connectivity index (χ2n) is 6.40. The summed E-state index contributed by atoms with van der Waals surface area (Å²) in [6.45, 7) is 0. The zero-order valence-electron chi connectivity index (χ0n) is 13.3. The highest BCUT2D eigenvalue weighted by molar-refractivity contribution is 5.96. The van der Waals surface area contributed by atoms with Crippen molar-refractivity contribution in [2.45, 2.75) is 37.6 Å². The van der Waals surface area contributed by atoms with E-state index in [1.165, 1.54) is 0 Å². The molecule has 1 saturated carbocycles. The van der Waals surface area contributed by atoms with Crippen LogP contribution in [0, 0.1) is 0 Å². The average molecular weight is 321 g/mol. The lowest BCUT2D eigenvalue weighted by Gasteiger charge is -2.28. The molecule has 4 rings (SSSR count). The summed E-state index contributed by atoms with van der Waals surface area (Å²) in [5.41, 5.74) is 7.86. The molecule has 6 nitrogen and oxygen atoms in total. The predicted molar refractivity (Wildman–Crippen MR) is 90.5 cm³/mol. The van der Waals surface area contributed by atoms with Crippen molar-refractivity contribution in [3.63, 3.8) is 0 Å². The van der Waals surface area contributed by atoms with E-state index in [1.54, 1.807) is 12.3 Å². The van der Waals surface area contributed by atoms with Crippen LogP contribution in [0.2, 0.25) is 0 Å². The van der Waals surface area contributed by atoms with E-state index in [2.05, 4.69) is 21.4 Å². The Kier molecular flexibility index (Phi) is 3.72. The molecule has 0 aliphatic heterocycles. The fourth-order valence-electron chi connectivity index (χ4n) is 3.55. The molecule has 2 aromatic heterocycles. The van der Waals surface area contributed by atoms with Crippen molar-refractivity contribution >= 4 is 16.8 Å². The molecule has 1 amide bonds. The smallest absolute Gasteiger partial charge is 0.248 e. The Morgan fingerprint density at radius 2 is 2.00 bits per heavy atom. The van der Waals surface area contributed by atoms with Crippen molar-refractivity contribution in [2.75, 3.05) is 0 Å². The van der Waals surface area contributed by atoms with E-state index in [0.717, 1.165) is 42.3 Å². The first-order valence-corrected chi connectivity index (χ1v) is 8.27. The standard InChI is InChI=1S/C18H19N5O/c19-18(24)13-5-8-17-14(10-13)11-23(22-17)15-6-3-12(4-7-15)16-2-1-9-20-21-16/h1-2,5,8-12,15H,3-4,6-7H2,(H2,19,24). The van der Waals surface area contributed by atoms with Gasteiger partial charge >= 0.3 is 0 Å². The minimum atomic E-state index is -0.408. The number of nitrogens with two attached hydrogens (primary N) is 1. The lowest BCUT2D eigenvalue weighted by molar-refractivity contribution is 0.100. The molecule has 0 unspecified atom stereocenters. The maximum absolute atomic E-state index is 11.3. The average Bonchev–Trinajstić information content (AvgIpc) is 3.06. The van der Waals surface area contributed by atoms with Crippen LogP contribution in [0.4, 0.5) is 0 Å². The first-order valence-electron chi connectivity index (χ1n) is 8.27. The van der Waals surface area contributed by atoms with E-state index in [0.29, 0.717) is 17.5 Å². The zero-order valence-corrected chi connectivity index (χ0v) is 13.3. The Balaban J connectivity index is 1.51. The summed E-state index contributed by atoms with van der Waals surface area (Å²) in [7, 11) is 0. The number of benzene rings is 1. The Labute approximate surface area is 139 Å². The van der Waals surface area contributed by atoms with E-state index < -0.39 is 5.91 Å². The van der Waals surface area contributed by atoms with Gasteiger partial charge in [0.15, 0.2) is 0 Å². The van der Waals surface area contributed by atoms with Gasteiger partial charge in [-0.3, -0.25) is 9.48 Å². The number of primary amides is 1. The van der Waals surface area contributed by atoms with Crippen molar-refractivity contribution in [3.05, 3.63) is 54.0 Å². The lowest BCUT2D eigenvalue weighted by atomic mass is 9.84. The SMILES string of the molecule is NC(=O)c1ccc2nn(C3CCC(c4cccnn4)CC3)cc2c1. The molecule has 2 heterocycles. The van der Waals surface area contributed by atoms with Crippen LogP contribution in [-0.2, 0) is 0 Å². The van der Waals surface area contributed by atoms with Gasteiger partial charge in [-0.25, -0.2) is 0 Å². The number of aromatic nitrogens is 4. The number of rotatable bonds is 3. The molecule has 0 bridgehead atoms. The van der Waals surface area contributed by atoms with Gasteiger partial charge < -0.3 is 5.73 Å². The molecular weight excluding hydrogens is 302 g/mol. The van der Waals surface area contributed by atoms with E-state index >= 15 is 0 Å². The topological polar surface area (TPSA) is 86.7 Å². The molecule has 3 aromatic rings. The molecule has 122 valence electrons. The van der Waals surface area contributed by atoms with Crippen LogP contribution >= 0.6 is 0 Å². The van der Waals surface area contributed by atoms with Crippen molar-refractivity contribution < 1.29 is 4.79 Å². The normalized spacial score (nSPS) is 21.0. The highest BCUT2D eigenvalue weighted by Crippen LogP contribution is 2.37. The number of nitrogens with zero attached hydrogens (tertiary/aromatic N) is 4. The molecule has 1 aliphatic carbocycles. The largest absolute Gasteiger partial charge is 0.366 e. The van der Waals surface area contributed by atoms with Crippen LogP contribution in [0.1, 0.15) is 53.7 Å². The fraction of sp³-hybridized carbons (Fsp3) is 0.333. The third-order valence-corrected chi connectivity index (χ3v) is 4.89. The monoisotopic (exact) mass is 321 g/mol. The molecule has 2 N–H and O–H groups in total. The summed E-state index contributed by atoms with van der Waals surface area (Å²) in [5.74, 6) is 0.0792. The Bertz CT molecular complexity index is 866. The van der Waals surface area contributed by atoms with E-state index in [4.69, 9.17) is 5.73 Å². The van der Waals surface area contributed by atoms with Gasteiger partial charge in [0.1, 0.15) is 0 Å². The van der Waals surface area contributed by atoms with Crippen LogP contribution < -0.4 is 5.73 Å². The number of carbonyl (C=O) groups excluding carboxylic acids is 1. The summed E-state index contributed by atoms with van der Waals surface area (Å²) in [6, 6.07) is 9.80. The third-order valence-electron chi connectivity index (χ3n) is 4.89. The Hall–Kier alpha value is -2.76. The van der Waals surface area contributed by atoms with Crippen molar-refractivity contribution in [1.82, 2.24) is 20.0 Å². The van der Waals surface area contributed by atoms with Gasteiger partial charge in [-0.2, -0.15) is 15.3 Å². The number of amides is 1. The molecule has 1 aromatic carbocycles. The third kappa shape index (κ3) is 2.75. The quantitative estimate of drug-likeness (QED) is 0.803. The molecular formula is C18H19N5O. The maximum atomic E-state index is 11.3. The lowest BCUT2D eigenvalue weighted by Crippen LogP contribution is -2.18. The Morgan fingerprint density at radius 1 is 1.17 bits per heavy atom. The summed E-state index contributed by atoms with van der Waals surface area (Å²) in [6.07, 6.45) is 8.05. The first kappa shape index (κ1) is 14.8. The van der Waals surface area contributed by atoms with Crippen molar-refractivity contribution in [3.8, 4) is 0 Å². The Morgan fingerprint density at radius 3 is 2.71 bits per heavy atom. The van der Waals surface area contributed by atoms with Crippen LogP contribution in [0.15, 0.2) is 42.7 Å². The molecule has 0 spiro atoms. The highest BCUT2D eigenvalue weighted by Gasteiger charge is 2.25. The molecule has 0 saturated heterocycles. The van der Waals surface area contributed by atoms with Gasteiger partial charge in [0, 0.05) is 29.3 Å². The molecule has 1 aliphatic rings. The van der Waals surface area contributed by atoms with Gasteiger partial charge in [0.25, 0.3) is 0 Å². The minimum Gasteiger partial charge on any atom is -0.366 e. The number of carbonyl (C=O) groups is 1. The second kappa shape index (κ2) is 6.03. The van der Waals surface area contributed by atoms with Gasteiger partial charge in [-0.1, -0.05) is 0 Å². The van der Waals surface area contributed by atoms with Crippen LogP contribution in [0.25, 0.3) is 10.9 Å². The van der Waals surface area contributed by atoms with E-state index in [1.807, 2.05) is 29.1 Å². The van der Waals surface area contributed by atoms with Crippen LogP contribution in [0.3, 0.4) is 0 Å². The summed E-state index contributed by atoms with van der Waals surface area (Å²) in [5, 5.41) is 13.9. The predicted octanol–water partition coefficient (Wildman–Crippen LogP) is 2.82.